The maximum Gasteiger partial charge on any atom is 0.234 e. The Bertz CT molecular complexity index is 1290. The SMILES string of the molecule is CCOc1ccc(-n2c(SCC(=O)Nc3ccccc3OCC)nnc2-c2cccc(Cl)c2)cc1. The number of hydrogen-bond donors (Lipinski definition) is 1. The van der Waals surface area contributed by atoms with Crippen LogP contribution in [0, 0.1) is 0 Å². The van der Waals surface area contributed by atoms with E-state index in [4.69, 9.17) is 21.1 Å². The fourth-order valence-corrected chi connectivity index (χ4v) is 4.38. The van der Waals surface area contributed by atoms with Gasteiger partial charge in [0.2, 0.25) is 5.91 Å². The molecule has 180 valence electrons. The molecule has 0 unspecified atom stereocenters. The Labute approximate surface area is 213 Å². The lowest BCUT2D eigenvalue weighted by atomic mass is 10.2. The zero-order chi connectivity index (χ0) is 24.6. The first kappa shape index (κ1) is 24.6. The molecule has 1 heterocycles. The van der Waals surface area contributed by atoms with Crippen molar-refractivity contribution < 1.29 is 14.3 Å². The summed E-state index contributed by atoms with van der Waals surface area (Å²) in [7, 11) is 0. The van der Waals surface area contributed by atoms with Gasteiger partial charge in [-0.1, -0.05) is 47.6 Å². The molecule has 3 aromatic carbocycles. The zero-order valence-electron chi connectivity index (χ0n) is 19.4. The molecule has 0 aliphatic heterocycles. The fourth-order valence-electron chi connectivity index (χ4n) is 3.44. The third-order valence-corrected chi connectivity index (χ3v) is 6.08. The summed E-state index contributed by atoms with van der Waals surface area (Å²) in [5, 5.41) is 12.9. The summed E-state index contributed by atoms with van der Waals surface area (Å²) in [6.07, 6.45) is 0. The molecule has 1 N–H and O–H groups in total. The highest BCUT2D eigenvalue weighted by Crippen LogP contribution is 2.30. The number of thioether (sulfide) groups is 1. The highest BCUT2D eigenvalue weighted by atomic mass is 35.5. The average molecular weight is 509 g/mol. The minimum atomic E-state index is -0.173. The molecule has 4 aromatic rings. The van der Waals surface area contributed by atoms with Crippen LogP contribution in [0.2, 0.25) is 5.02 Å². The largest absolute Gasteiger partial charge is 0.494 e. The fraction of sp³-hybridized carbons (Fsp3) is 0.192. The van der Waals surface area contributed by atoms with Gasteiger partial charge in [-0.3, -0.25) is 9.36 Å². The van der Waals surface area contributed by atoms with Crippen molar-refractivity contribution in [3.05, 3.63) is 77.8 Å². The molecular weight excluding hydrogens is 484 g/mol. The van der Waals surface area contributed by atoms with Gasteiger partial charge in [-0.2, -0.15) is 0 Å². The molecule has 0 aliphatic carbocycles. The van der Waals surface area contributed by atoms with Crippen LogP contribution in [0.3, 0.4) is 0 Å². The summed E-state index contributed by atoms with van der Waals surface area (Å²) in [5.41, 5.74) is 2.30. The van der Waals surface area contributed by atoms with Crippen LogP contribution >= 0.6 is 23.4 Å². The molecule has 7 nitrogen and oxygen atoms in total. The molecule has 0 spiro atoms. The number of nitrogens with zero attached hydrogens (tertiary/aromatic N) is 3. The van der Waals surface area contributed by atoms with E-state index in [-0.39, 0.29) is 11.7 Å². The van der Waals surface area contributed by atoms with Crippen molar-refractivity contribution in [3.63, 3.8) is 0 Å². The standard InChI is InChI=1S/C26H25ClN4O3S/c1-3-33-21-14-12-20(13-15-21)31-25(18-8-7-9-19(27)16-18)29-30-26(31)35-17-24(32)28-22-10-5-6-11-23(22)34-4-2/h5-16H,3-4,17H2,1-2H3,(H,28,32). The second-order valence-electron chi connectivity index (χ2n) is 7.34. The number of amides is 1. The monoisotopic (exact) mass is 508 g/mol. The lowest BCUT2D eigenvalue weighted by Gasteiger charge is -2.13. The number of nitrogens with one attached hydrogen (secondary N) is 1. The van der Waals surface area contributed by atoms with E-state index in [9.17, 15) is 4.79 Å². The van der Waals surface area contributed by atoms with Gasteiger partial charge >= 0.3 is 0 Å². The molecule has 0 bridgehead atoms. The highest BCUT2D eigenvalue weighted by molar-refractivity contribution is 7.99. The topological polar surface area (TPSA) is 78.3 Å². The van der Waals surface area contributed by atoms with E-state index in [1.807, 2.05) is 91.2 Å². The van der Waals surface area contributed by atoms with Gasteiger partial charge in [0, 0.05) is 16.3 Å². The van der Waals surface area contributed by atoms with E-state index in [0.717, 1.165) is 17.0 Å². The van der Waals surface area contributed by atoms with Crippen molar-refractivity contribution in [1.29, 1.82) is 0 Å². The van der Waals surface area contributed by atoms with E-state index >= 15 is 0 Å². The molecule has 9 heteroatoms. The normalized spacial score (nSPS) is 10.7. The zero-order valence-corrected chi connectivity index (χ0v) is 21.0. The highest BCUT2D eigenvalue weighted by Gasteiger charge is 2.18. The Balaban J connectivity index is 1.59. The summed E-state index contributed by atoms with van der Waals surface area (Å²) in [4.78, 5) is 12.7. The van der Waals surface area contributed by atoms with Crippen LogP contribution in [-0.2, 0) is 4.79 Å². The van der Waals surface area contributed by atoms with Crippen molar-refractivity contribution in [1.82, 2.24) is 14.8 Å². The Morgan fingerprint density at radius 2 is 1.74 bits per heavy atom. The summed E-state index contributed by atoms with van der Waals surface area (Å²) in [6, 6.07) is 22.5. The van der Waals surface area contributed by atoms with Crippen molar-refractivity contribution in [2.24, 2.45) is 0 Å². The number of carbonyl (C=O) groups excluding carboxylic acids is 1. The number of aromatic nitrogens is 3. The number of hydrogen-bond acceptors (Lipinski definition) is 6. The lowest BCUT2D eigenvalue weighted by Crippen LogP contribution is -2.15. The van der Waals surface area contributed by atoms with Crippen molar-refractivity contribution in [3.8, 4) is 28.6 Å². The van der Waals surface area contributed by atoms with Crippen LogP contribution in [0.25, 0.3) is 17.1 Å². The third-order valence-electron chi connectivity index (χ3n) is 4.92. The van der Waals surface area contributed by atoms with E-state index in [0.29, 0.717) is 40.7 Å². The van der Waals surface area contributed by atoms with Gasteiger partial charge in [-0.05, 0) is 62.4 Å². The van der Waals surface area contributed by atoms with E-state index in [1.165, 1.54) is 11.8 Å². The number of carbonyl (C=O) groups is 1. The average Bonchev–Trinajstić information content (AvgIpc) is 3.29. The second-order valence-corrected chi connectivity index (χ2v) is 8.72. The number of anilines is 1. The molecule has 0 saturated carbocycles. The number of benzene rings is 3. The maximum atomic E-state index is 12.7. The van der Waals surface area contributed by atoms with Crippen LogP contribution < -0.4 is 14.8 Å². The number of para-hydroxylation sites is 2. The smallest absolute Gasteiger partial charge is 0.234 e. The molecule has 1 amide bonds. The van der Waals surface area contributed by atoms with Gasteiger partial charge in [0.05, 0.1) is 24.7 Å². The molecule has 0 saturated heterocycles. The van der Waals surface area contributed by atoms with Crippen LogP contribution in [0.15, 0.2) is 78.0 Å². The Morgan fingerprint density at radius 1 is 0.971 bits per heavy atom. The molecule has 0 fully saturated rings. The molecule has 0 aliphatic rings. The Morgan fingerprint density at radius 3 is 2.49 bits per heavy atom. The summed E-state index contributed by atoms with van der Waals surface area (Å²) in [6.45, 7) is 4.94. The van der Waals surface area contributed by atoms with Gasteiger partial charge in [0.1, 0.15) is 11.5 Å². The van der Waals surface area contributed by atoms with E-state index in [1.54, 1.807) is 0 Å². The quantitative estimate of drug-likeness (QED) is 0.260. The van der Waals surface area contributed by atoms with Crippen LogP contribution in [0.4, 0.5) is 5.69 Å². The lowest BCUT2D eigenvalue weighted by molar-refractivity contribution is -0.113. The maximum absolute atomic E-state index is 12.7. The first-order valence-electron chi connectivity index (χ1n) is 11.2. The minimum absolute atomic E-state index is 0.144. The predicted molar refractivity (Wildman–Crippen MR) is 140 cm³/mol. The third kappa shape index (κ3) is 6.15. The first-order chi connectivity index (χ1) is 17.1. The summed E-state index contributed by atoms with van der Waals surface area (Å²) in [5.74, 6) is 2.00. The van der Waals surface area contributed by atoms with Crippen molar-refractivity contribution >= 4 is 35.0 Å². The van der Waals surface area contributed by atoms with Crippen LogP contribution in [0.1, 0.15) is 13.8 Å². The molecule has 4 rings (SSSR count). The van der Waals surface area contributed by atoms with Gasteiger partial charge in [-0.25, -0.2) is 0 Å². The van der Waals surface area contributed by atoms with Gasteiger partial charge in [0.15, 0.2) is 11.0 Å². The summed E-state index contributed by atoms with van der Waals surface area (Å²) >= 11 is 7.52. The van der Waals surface area contributed by atoms with E-state index < -0.39 is 0 Å². The van der Waals surface area contributed by atoms with Gasteiger partial charge in [0.25, 0.3) is 0 Å². The second kappa shape index (κ2) is 11.8. The predicted octanol–water partition coefficient (Wildman–Crippen LogP) is 6.12. The molecule has 1 aromatic heterocycles. The van der Waals surface area contributed by atoms with Gasteiger partial charge in [-0.15, -0.1) is 10.2 Å². The molecule has 35 heavy (non-hydrogen) atoms. The Kier molecular flexibility index (Phi) is 8.28. The molecular formula is C26H25ClN4O3S. The first-order valence-corrected chi connectivity index (χ1v) is 12.5. The van der Waals surface area contributed by atoms with Crippen LogP contribution in [-0.4, -0.2) is 39.6 Å². The molecule has 0 atom stereocenters. The molecule has 0 radical (unpaired) electrons. The van der Waals surface area contributed by atoms with Gasteiger partial charge < -0.3 is 14.8 Å². The van der Waals surface area contributed by atoms with Crippen molar-refractivity contribution in [2.45, 2.75) is 19.0 Å². The van der Waals surface area contributed by atoms with Crippen LogP contribution in [0.5, 0.6) is 11.5 Å². The summed E-state index contributed by atoms with van der Waals surface area (Å²) < 4.78 is 13.1. The number of ether oxygens (including phenoxy) is 2. The van der Waals surface area contributed by atoms with Crippen molar-refractivity contribution in [2.75, 3.05) is 24.3 Å². The Hall–Kier alpha value is -3.49. The van der Waals surface area contributed by atoms with E-state index in [2.05, 4.69) is 15.5 Å². The minimum Gasteiger partial charge on any atom is -0.494 e. The number of halogens is 1. The number of rotatable bonds is 10.